The van der Waals surface area contributed by atoms with Crippen LogP contribution in [0.4, 0.5) is 0 Å². The average Bonchev–Trinajstić information content (AvgIpc) is 3.31. The number of rotatable bonds is 7. The zero-order valence-electron chi connectivity index (χ0n) is 23.6. The van der Waals surface area contributed by atoms with Crippen LogP contribution in [0.15, 0.2) is 0 Å². The van der Waals surface area contributed by atoms with E-state index in [1.807, 2.05) is 0 Å². The molecule has 0 N–H and O–H groups in total. The molecule has 5 nitrogen and oxygen atoms in total. The van der Waals surface area contributed by atoms with Crippen LogP contribution in [0.1, 0.15) is 62.3 Å². The lowest BCUT2D eigenvalue weighted by Gasteiger charge is -2.48. The molecule has 8 heteroatoms. The molecule has 0 radical (unpaired) electrons. The predicted molar refractivity (Wildman–Crippen MR) is 141 cm³/mol. The summed E-state index contributed by atoms with van der Waals surface area (Å²) in [4.78, 5) is 0. The first-order valence-corrected chi connectivity index (χ1v) is 21.0. The molecule has 5 atom stereocenters. The van der Waals surface area contributed by atoms with E-state index in [0.29, 0.717) is 6.61 Å². The second kappa shape index (κ2) is 8.84. The van der Waals surface area contributed by atoms with Gasteiger partial charge < -0.3 is 22.8 Å². The maximum absolute atomic E-state index is 7.04. The summed E-state index contributed by atoms with van der Waals surface area (Å²) in [7, 11) is -6.00. The Bertz CT molecular complexity index is 658. The average molecular weight is 505 g/mol. The molecular weight excluding hydrogens is 453 g/mol. The normalized spacial score (nSPS) is 30.3. The van der Waals surface area contributed by atoms with Crippen molar-refractivity contribution in [2.75, 3.05) is 6.61 Å². The molecular formula is C24H52O5Si3. The standard InChI is InChI=1S/C24H52O5Si3/c1-22(2,3)30(10,11)25-16-17-18(28-31(12,13)23(4,5)6)19(20-21(26-17)27-20)29-32(14,15)24(7,8)9/h17-21H,16H2,1-15H3/t17-,18-,19+,20-,21?/m1/s1. The highest BCUT2D eigenvalue weighted by Gasteiger charge is 2.61. The van der Waals surface area contributed by atoms with Gasteiger partial charge in [0.15, 0.2) is 31.2 Å². The molecule has 0 spiro atoms. The molecule has 32 heavy (non-hydrogen) atoms. The smallest absolute Gasteiger partial charge is 0.192 e. The van der Waals surface area contributed by atoms with Crippen molar-refractivity contribution >= 4 is 25.0 Å². The second-order valence-corrected chi connectivity index (χ2v) is 28.7. The van der Waals surface area contributed by atoms with Crippen molar-refractivity contribution in [2.24, 2.45) is 0 Å². The Morgan fingerprint density at radius 2 is 1.00 bits per heavy atom. The van der Waals surface area contributed by atoms with Crippen LogP contribution >= 0.6 is 0 Å². The van der Waals surface area contributed by atoms with E-state index in [2.05, 4.69) is 102 Å². The summed E-state index contributed by atoms with van der Waals surface area (Å²) < 4.78 is 33.0. The molecule has 1 unspecified atom stereocenters. The third kappa shape index (κ3) is 6.17. The van der Waals surface area contributed by atoms with Crippen molar-refractivity contribution in [3.8, 4) is 0 Å². The van der Waals surface area contributed by atoms with Crippen molar-refractivity contribution in [1.82, 2.24) is 0 Å². The van der Waals surface area contributed by atoms with Crippen LogP contribution in [0.5, 0.6) is 0 Å². The zero-order valence-corrected chi connectivity index (χ0v) is 26.6. The summed E-state index contributed by atoms with van der Waals surface area (Å²) in [5.41, 5.74) is 0. The summed E-state index contributed by atoms with van der Waals surface area (Å²) in [5, 5.41) is 0.359. The van der Waals surface area contributed by atoms with Crippen LogP contribution in [0.2, 0.25) is 54.4 Å². The van der Waals surface area contributed by atoms with Gasteiger partial charge >= 0.3 is 0 Å². The fraction of sp³-hybridized carbons (Fsp3) is 1.00. The van der Waals surface area contributed by atoms with Gasteiger partial charge in [0.25, 0.3) is 0 Å². The molecule has 0 amide bonds. The van der Waals surface area contributed by atoms with Crippen LogP contribution in [-0.4, -0.2) is 62.3 Å². The van der Waals surface area contributed by atoms with Crippen LogP contribution in [-0.2, 0) is 22.8 Å². The summed E-state index contributed by atoms with van der Waals surface area (Å²) in [6.07, 6.45) is -0.716. The summed E-state index contributed by atoms with van der Waals surface area (Å²) in [5.74, 6) is 0. The number of ether oxygens (including phenoxy) is 2. The highest BCUT2D eigenvalue weighted by atomic mass is 28.4. The van der Waals surface area contributed by atoms with Gasteiger partial charge in [0, 0.05) is 0 Å². The predicted octanol–water partition coefficient (Wildman–Crippen LogP) is 6.91. The van der Waals surface area contributed by atoms with Gasteiger partial charge in [0.2, 0.25) is 0 Å². The zero-order chi connectivity index (χ0) is 25.1. The Labute approximate surface area is 201 Å². The lowest BCUT2D eigenvalue weighted by Crippen LogP contribution is -2.61. The number of hydrogen-bond acceptors (Lipinski definition) is 5. The topological polar surface area (TPSA) is 49.5 Å². The van der Waals surface area contributed by atoms with Gasteiger partial charge in [-0.25, -0.2) is 0 Å². The quantitative estimate of drug-likeness (QED) is 0.278. The Hall–Kier alpha value is 0.451. The summed E-state index contributed by atoms with van der Waals surface area (Å²) in [6.45, 7) is 34.9. The van der Waals surface area contributed by atoms with Gasteiger partial charge in [0.05, 0.1) is 6.61 Å². The van der Waals surface area contributed by atoms with Gasteiger partial charge in [-0.2, -0.15) is 0 Å². The van der Waals surface area contributed by atoms with Gasteiger partial charge in [-0.1, -0.05) is 62.3 Å². The molecule has 0 aromatic carbocycles. The van der Waals surface area contributed by atoms with Crippen LogP contribution in [0.25, 0.3) is 0 Å². The van der Waals surface area contributed by atoms with Crippen molar-refractivity contribution in [2.45, 2.75) is 147 Å². The highest BCUT2D eigenvalue weighted by Crippen LogP contribution is 2.47. The Morgan fingerprint density at radius 3 is 1.41 bits per heavy atom. The Balaban J connectivity index is 2.35. The number of hydrogen-bond donors (Lipinski definition) is 0. The van der Waals surface area contributed by atoms with Crippen molar-refractivity contribution in [3.63, 3.8) is 0 Å². The molecule has 0 aromatic rings. The Morgan fingerprint density at radius 1 is 0.594 bits per heavy atom. The minimum atomic E-state index is -2.06. The maximum atomic E-state index is 7.04. The maximum Gasteiger partial charge on any atom is 0.192 e. The summed E-state index contributed by atoms with van der Waals surface area (Å²) in [6, 6.07) is 0. The minimum absolute atomic E-state index is 0.0389. The molecule has 2 saturated heterocycles. The molecule has 190 valence electrons. The van der Waals surface area contributed by atoms with Crippen molar-refractivity contribution in [3.05, 3.63) is 0 Å². The van der Waals surface area contributed by atoms with Crippen molar-refractivity contribution < 1.29 is 22.8 Å². The first-order chi connectivity index (χ1) is 14.0. The van der Waals surface area contributed by atoms with Crippen LogP contribution in [0.3, 0.4) is 0 Å². The molecule has 2 rings (SSSR count). The molecule has 2 aliphatic rings. The third-order valence-electron chi connectivity index (χ3n) is 8.69. The van der Waals surface area contributed by atoms with E-state index in [9.17, 15) is 0 Å². The van der Waals surface area contributed by atoms with E-state index < -0.39 is 25.0 Å². The molecule has 0 aliphatic carbocycles. The largest absolute Gasteiger partial charge is 0.414 e. The van der Waals surface area contributed by atoms with Crippen molar-refractivity contribution in [1.29, 1.82) is 0 Å². The van der Waals surface area contributed by atoms with E-state index in [4.69, 9.17) is 22.8 Å². The van der Waals surface area contributed by atoms with Crippen LogP contribution < -0.4 is 0 Å². The van der Waals surface area contributed by atoms with Gasteiger partial charge in [-0.3, -0.25) is 0 Å². The summed E-state index contributed by atoms with van der Waals surface area (Å²) >= 11 is 0. The molecule has 0 bridgehead atoms. The van der Waals surface area contributed by atoms with E-state index in [1.54, 1.807) is 0 Å². The van der Waals surface area contributed by atoms with E-state index in [-0.39, 0.29) is 45.8 Å². The number of fused-ring (bicyclic) bond motifs is 1. The highest BCUT2D eigenvalue weighted by molar-refractivity contribution is 6.75. The monoisotopic (exact) mass is 504 g/mol. The lowest BCUT2D eigenvalue weighted by molar-refractivity contribution is -0.133. The first-order valence-electron chi connectivity index (χ1n) is 12.3. The van der Waals surface area contributed by atoms with Gasteiger partial charge in [-0.15, -0.1) is 0 Å². The lowest BCUT2D eigenvalue weighted by atomic mass is 10.0. The van der Waals surface area contributed by atoms with E-state index >= 15 is 0 Å². The van der Waals surface area contributed by atoms with E-state index in [1.165, 1.54) is 0 Å². The van der Waals surface area contributed by atoms with Crippen LogP contribution in [0, 0.1) is 0 Å². The molecule has 2 fully saturated rings. The van der Waals surface area contributed by atoms with Gasteiger partial charge in [-0.05, 0) is 54.4 Å². The van der Waals surface area contributed by atoms with Gasteiger partial charge in [0.1, 0.15) is 24.4 Å². The molecule has 0 saturated carbocycles. The molecule has 2 aliphatic heterocycles. The fourth-order valence-corrected chi connectivity index (χ4v) is 6.69. The molecule has 2 heterocycles. The third-order valence-corrected chi connectivity index (χ3v) is 22.1. The second-order valence-electron chi connectivity index (χ2n) is 14.4. The SMILES string of the molecule is CC(C)(C)[Si](C)(C)OC[C@H]1OC2O[C@@H]2[C@@H](O[Si](C)(C)C(C)(C)C)[C@@H]1O[Si](C)(C)C(C)(C)C. The van der Waals surface area contributed by atoms with E-state index in [0.717, 1.165) is 0 Å². The fourth-order valence-electron chi connectivity index (χ4n) is 3.05. The molecule has 0 aromatic heterocycles. The first kappa shape index (κ1) is 28.7. The Kier molecular flexibility index (Phi) is 7.92. The minimum Gasteiger partial charge on any atom is -0.414 e. The number of epoxide rings is 1.